The molecule has 0 saturated heterocycles. The number of hydrogen-bond donors (Lipinski definition) is 1. The second kappa shape index (κ2) is 1.88. The molecule has 0 unspecified atom stereocenters. The van der Waals surface area contributed by atoms with Gasteiger partial charge in [0.2, 0.25) is 5.78 Å². The average Bonchev–Trinajstić information content (AvgIpc) is 2.62. The Bertz CT molecular complexity index is 532. The first-order valence-corrected chi connectivity index (χ1v) is 3.68. The predicted octanol–water partition coefficient (Wildman–Crippen LogP) is 1.42. The average molecular weight is 155 g/mol. The Morgan fingerprint density at radius 2 is 2.50 bits per heavy atom. The van der Waals surface area contributed by atoms with E-state index in [9.17, 15) is 0 Å². The third-order valence-corrected chi connectivity index (χ3v) is 1.91. The van der Waals surface area contributed by atoms with Gasteiger partial charge in [0.25, 0.3) is 0 Å². The number of rotatable bonds is 0. The van der Waals surface area contributed by atoms with Crippen LogP contribution in [0.3, 0.4) is 0 Å². The number of hydrogen-bond acceptors (Lipinski definition) is 1. The van der Waals surface area contributed by atoms with E-state index in [1.54, 1.807) is 6.20 Å². The lowest BCUT2D eigenvalue weighted by atomic mass is 10.3. The van der Waals surface area contributed by atoms with Gasteiger partial charge in [0.1, 0.15) is 0 Å². The largest absolute Gasteiger partial charge is 0.323 e. The summed E-state index contributed by atoms with van der Waals surface area (Å²) >= 11 is 0. The van der Waals surface area contributed by atoms with Crippen LogP contribution in [0.25, 0.3) is 16.8 Å². The van der Waals surface area contributed by atoms with Crippen LogP contribution in [0.15, 0.2) is 24.5 Å². The van der Waals surface area contributed by atoms with Gasteiger partial charge in [-0.3, -0.25) is 4.40 Å². The fourth-order valence-electron chi connectivity index (χ4n) is 1.38. The molecular weight excluding hydrogens is 150 g/mol. The lowest BCUT2D eigenvalue weighted by molar-refractivity contribution is 1.25. The number of H-pyrrole nitrogens is 1. The Morgan fingerprint density at radius 3 is 3.50 bits per heavy atom. The van der Waals surface area contributed by atoms with Gasteiger partial charge in [-0.2, -0.15) is 0 Å². The lowest BCUT2D eigenvalue weighted by Crippen LogP contribution is -1.74. The molecule has 3 aromatic rings. The van der Waals surface area contributed by atoms with Crippen molar-refractivity contribution in [3.05, 3.63) is 36.7 Å². The standard InChI is InChI=1S/C9H5N3/c1-2-4-8-7(3-1)11-9-10-5-6-12(8)9/h2,4-6H,(H,10,11). The summed E-state index contributed by atoms with van der Waals surface area (Å²) in [6.45, 7) is 0. The number of fused-ring (bicyclic) bond motifs is 3. The molecule has 2 radical (unpaired) electrons. The van der Waals surface area contributed by atoms with Gasteiger partial charge in [0.15, 0.2) is 0 Å². The predicted molar refractivity (Wildman–Crippen MR) is 44.7 cm³/mol. The topological polar surface area (TPSA) is 33.1 Å². The number of imidazole rings is 2. The zero-order chi connectivity index (χ0) is 7.97. The maximum atomic E-state index is 4.13. The van der Waals surface area contributed by atoms with Crippen LogP contribution in [-0.4, -0.2) is 14.4 Å². The van der Waals surface area contributed by atoms with Crippen LogP contribution in [0.4, 0.5) is 0 Å². The summed E-state index contributed by atoms with van der Waals surface area (Å²) in [4.78, 5) is 7.25. The lowest BCUT2D eigenvalue weighted by Gasteiger charge is -1.85. The quantitative estimate of drug-likeness (QED) is 0.523. The molecule has 2 aromatic heterocycles. The summed E-state index contributed by atoms with van der Waals surface area (Å²) in [5.74, 6) is 0.848. The fraction of sp³-hybridized carbons (Fsp3) is 0. The second-order valence-corrected chi connectivity index (χ2v) is 2.61. The Morgan fingerprint density at radius 1 is 1.50 bits per heavy atom. The van der Waals surface area contributed by atoms with Gasteiger partial charge in [-0.25, -0.2) is 4.98 Å². The van der Waals surface area contributed by atoms with Gasteiger partial charge in [0, 0.05) is 18.5 Å². The van der Waals surface area contributed by atoms with E-state index in [1.165, 1.54) is 0 Å². The summed E-state index contributed by atoms with van der Waals surface area (Å²) < 4.78 is 1.99. The summed E-state index contributed by atoms with van der Waals surface area (Å²) in [6, 6.07) is 9.70. The second-order valence-electron chi connectivity index (χ2n) is 2.61. The van der Waals surface area contributed by atoms with E-state index in [-0.39, 0.29) is 0 Å². The molecule has 3 rings (SSSR count). The van der Waals surface area contributed by atoms with Crippen LogP contribution < -0.4 is 0 Å². The molecule has 0 aliphatic rings. The minimum atomic E-state index is 0.848. The summed E-state index contributed by atoms with van der Waals surface area (Å²) in [6.07, 6.45) is 3.68. The molecule has 1 N–H and O–H groups in total. The number of benzene rings is 1. The number of aromatic nitrogens is 3. The van der Waals surface area contributed by atoms with Crippen molar-refractivity contribution < 1.29 is 0 Å². The first-order valence-electron chi connectivity index (χ1n) is 3.68. The zero-order valence-electron chi connectivity index (χ0n) is 6.20. The smallest absolute Gasteiger partial charge is 0.212 e. The van der Waals surface area contributed by atoms with Crippen molar-refractivity contribution in [3.63, 3.8) is 0 Å². The van der Waals surface area contributed by atoms with Gasteiger partial charge in [-0.1, -0.05) is 6.07 Å². The molecule has 0 amide bonds. The minimum absolute atomic E-state index is 0.848. The molecule has 0 spiro atoms. The van der Waals surface area contributed by atoms with E-state index in [0.717, 1.165) is 16.8 Å². The number of nitrogens with zero attached hydrogens (tertiary/aromatic N) is 2. The van der Waals surface area contributed by atoms with Gasteiger partial charge < -0.3 is 4.98 Å². The highest BCUT2D eigenvalue weighted by Gasteiger charge is 2.01. The van der Waals surface area contributed by atoms with Gasteiger partial charge in [0.05, 0.1) is 11.0 Å². The third kappa shape index (κ3) is 0.580. The first-order chi connectivity index (χ1) is 5.95. The molecule has 12 heavy (non-hydrogen) atoms. The maximum absolute atomic E-state index is 4.13. The summed E-state index contributed by atoms with van der Waals surface area (Å²) in [5.41, 5.74) is 2.03. The fourth-order valence-corrected chi connectivity index (χ4v) is 1.38. The van der Waals surface area contributed by atoms with Crippen molar-refractivity contribution in [2.45, 2.75) is 0 Å². The highest BCUT2D eigenvalue weighted by atomic mass is 15.1. The molecule has 3 heteroatoms. The van der Waals surface area contributed by atoms with Gasteiger partial charge >= 0.3 is 0 Å². The van der Waals surface area contributed by atoms with Crippen LogP contribution in [0.2, 0.25) is 0 Å². The highest BCUT2D eigenvalue weighted by Crippen LogP contribution is 2.13. The van der Waals surface area contributed by atoms with Crippen molar-refractivity contribution >= 4 is 16.8 Å². The Hall–Kier alpha value is -1.77. The molecular formula is C9H5N3. The molecule has 1 aromatic carbocycles. The van der Waals surface area contributed by atoms with E-state index in [0.29, 0.717) is 0 Å². The minimum Gasteiger partial charge on any atom is -0.323 e. The van der Waals surface area contributed by atoms with Crippen molar-refractivity contribution in [2.75, 3.05) is 0 Å². The molecule has 0 atom stereocenters. The maximum Gasteiger partial charge on any atom is 0.212 e. The SMILES string of the molecule is [c]1[c]c2[nH]c3nccn3c2cc1. The van der Waals surface area contributed by atoms with Crippen molar-refractivity contribution in [3.8, 4) is 0 Å². The molecule has 2 heterocycles. The summed E-state index contributed by atoms with van der Waals surface area (Å²) in [7, 11) is 0. The van der Waals surface area contributed by atoms with Gasteiger partial charge in [-0.15, -0.1) is 0 Å². The highest BCUT2D eigenvalue weighted by molar-refractivity contribution is 5.78. The molecule has 3 nitrogen and oxygen atoms in total. The molecule has 0 aliphatic carbocycles. The number of nitrogens with one attached hydrogen (secondary N) is 1. The van der Waals surface area contributed by atoms with Crippen LogP contribution in [0.5, 0.6) is 0 Å². The monoisotopic (exact) mass is 155 g/mol. The third-order valence-electron chi connectivity index (χ3n) is 1.91. The molecule has 56 valence electrons. The van der Waals surface area contributed by atoms with Crippen LogP contribution in [-0.2, 0) is 0 Å². The van der Waals surface area contributed by atoms with Gasteiger partial charge in [-0.05, 0) is 12.1 Å². The number of aromatic amines is 1. The van der Waals surface area contributed by atoms with E-state index < -0.39 is 0 Å². The van der Waals surface area contributed by atoms with Crippen LogP contribution in [0, 0.1) is 12.1 Å². The van der Waals surface area contributed by atoms with Crippen molar-refractivity contribution in [2.24, 2.45) is 0 Å². The molecule has 0 fully saturated rings. The van der Waals surface area contributed by atoms with E-state index in [1.807, 2.05) is 22.7 Å². The first kappa shape index (κ1) is 5.83. The van der Waals surface area contributed by atoms with Crippen molar-refractivity contribution in [1.29, 1.82) is 0 Å². The molecule has 0 bridgehead atoms. The van der Waals surface area contributed by atoms with Crippen LogP contribution in [0.1, 0.15) is 0 Å². The van der Waals surface area contributed by atoms with Crippen molar-refractivity contribution in [1.82, 2.24) is 14.4 Å². The van der Waals surface area contributed by atoms with E-state index >= 15 is 0 Å². The summed E-state index contributed by atoms with van der Waals surface area (Å²) in [5, 5.41) is 0. The molecule has 0 aliphatic heterocycles. The Balaban J connectivity index is 2.68. The Kier molecular flexibility index (Phi) is 0.913. The normalized spacial score (nSPS) is 11.3. The molecule has 0 saturated carbocycles. The zero-order valence-corrected chi connectivity index (χ0v) is 6.20. The van der Waals surface area contributed by atoms with E-state index in [2.05, 4.69) is 22.1 Å². The van der Waals surface area contributed by atoms with Crippen LogP contribution >= 0.6 is 0 Å². The Labute approximate surface area is 68.7 Å². The van der Waals surface area contributed by atoms with E-state index in [4.69, 9.17) is 0 Å².